The number of likely N-dealkylation sites (N-methyl/N-ethyl adjacent to an activating group) is 1. The van der Waals surface area contributed by atoms with Gasteiger partial charge in [-0.2, -0.15) is 0 Å². The van der Waals surface area contributed by atoms with Gasteiger partial charge in [-0.1, -0.05) is 23.9 Å². The van der Waals surface area contributed by atoms with Crippen molar-refractivity contribution in [3.05, 3.63) is 60.3 Å². The van der Waals surface area contributed by atoms with E-state index in [1.54, 1.807) is 12.1 Å². The number of Topliss-reactive ketones (excluding diaryl/α,β-unsaturated/α-hetero) is 1. The van der Waals surface area contributed by atoms with Crippen molar-refractivity contribution in [2.75, 3.05) is 37.7 Å². The Hall–Kier alpha value is -2.69. The predicted molar refractivity (Wildman–Crippen MR) is 122 cm³/mol. The number of ether oxygens (including phenoxy) is 1. The van der Waals surface area contributed by atoms with Gasteiger partial charge in [0.1, 0.15) is 18.2 Å². The maximum atomic E-state index is 12.6. The number of ketones is 1. The SMILES string of the molecule is CC(=O)SCC(=O)c1ccc(NS(=O)(=O)c2ccc(OCC=CCN(C)C)cc2)nc1. The van der Waals surface area contributed by atoms with Crippen LogP contribution in [0.5, 0.6) is 5.75 Å². The Labute approximate surface area is 186 Å². The molecule has 31 heavy (non-hydrogen) atoms. The van der Waals surface area contributed by atoms with E-state index in [-0.39, 0.29) is 27.4 Å². The van der Waals surface area contributed by atoms with Crippen molar-refractivity contribution in [1.82, 2.24) is 9.88 Å². The number of rotatable bonds is 11. The van der Waals surface area contributed by atoms with E-state index in [4.69, 9.17) is 4.74 Å². The number of carbonyl (C=O) groups is 2. The molecule has 1 heterocycles. The average molecular weight is 464 g/mol. The van der Waals surface area contributed by atoms with Gasteiger partial charge in [-0.25, -0.2) is 13.4 Å². The average Bonchev–Trinajstić information content (AvgIpc) is 2.72. The van der Waals surface area contributed by atoms with Crippen LogP contribution in [0.15, 0.2) is 59.6 Å². The van der Waals surface area contributed by atoms with Crippen LogP contribution in [0.4, 0.5) is 5.82 Å². The van der Waals surface area contributed by atoms with Gasteiger partial charge in [0.15, 0.2) is 10.9 Å². The van der Waals surface area contributed by atoms with E-state index < -0.39 is 10.0 Å². The quantitative estimate of drug-likeness (QED) is 0.401. The van der Waals surface area contributed by atoms with Crippen molar-refractivity contribution in [3.8, 4) is 5.75 Å². The molecule has 0 fully saturated rings. The normalized spacial score (nSPS) is 11.6. The summed E-state index contributed by atoms with van der Waals surface area (Å²) in [4.78, 5) is 29.0. The zero-order chi connectivity index (χ0) is 22.9. The maximum absolute atomic E-state index is 12.6. The molecule has 8 nitrogen and oxygen atoms in total. The number of anilines is 1. The highest BCUT2D eigenvalue weighted by atomic mass is 32.2. The number of nitrogens with one attached hydrogen (secondary N) is 1. The first-order valence-corrected chi connectivity index (χ1v) is 11.8. The van der Waals surface area contributed by atoms with Gasteiger partial charge in [0.05, 0.1) is 10.6 Å². The van der Waals surface area contributed by atoms with Crippen molar-refractivity contribution < 1.29 is 22.7 Å². The summed E-state index contributed by atoms with van der Waals surface area (Å²) in [6.45, 7) is 2.58. The van der Waals surface area contributed by atoms with Crippen LogP contribution < -0.4 is 9.46 Å². The molecule has 166 valence electrons. The largest absolute Gasteiger partial charge is 0.490 e. The highest BCUT2D eigenvalue weighted by Gasteiger charge is 2.16. The lowest BCUT2D eigenvalue weighted by Gasteiger charge is -2.09. The predicted octanol–water partition coefficient (Wildman–Crippen LogP) is 2.84. The standard InChI is InChI=1S/C21H25N3O5S2/c1-16(25)30-15-20(26)17-6-11-21(22-14-17)23-31(27,28)19-9-7-18(8-10-19)29-13-5-4-12-24(2)3/h4-11,14H,12-13,15H2,1-3H3,(H,22,23). The van der Waals surface area contributed by atoms with Crippen LogP contribution >= 0.6 is 11.8 Å². The van der Waals surface area contributed by atoms with Gasteiger partial charge in [0, 0.05) is 25.2 Å². The van der Waals surface area contributed by atoms with Gasteiger partial charge in [0.25, 0.3) is 10.0 Å². The third kappa shape index (κ3) is 8.52. The molecule has 2 rings (SSSR count). The fourth-order valence-corrected chi connectivity index (χ4v) is 3.79. The van der Waals surface area contributed by atoms with Crippen molar-refractivity contribution in [3.63, 3.8) is 0 Å². The Bertz CT molecular complexity index is 1020. The lowest BCUT2D eigenvalue weighted by atomic mass is 10.2. The van der Waals surface area contributed by atoms with Crippen LogP contribution in [-0.2, 0) is 14.8 Å². The highest BCUT2D eigenvalue weighted by Crippen LogP contribution is 2.19. The van der Waals surface area contributed by atoms with Crippen molar-refractivity contribution in [2.45, 2.75) is 11.8 Å². The summed E-state index contributed by atoms with van der Waals surface area (Å²) < 4.78 is 33.0. The van der Waals surface area contributed by atoms with E-state index in [1.807, 2.05) is 31.1 Å². The van der Waals surface area contributed by atoms with E-state index >= 15 is 0 Å². The van der Waals surface area contributed by atoms with Crippen LogP contribution in [0.3, 0.4) is 0 Å². The number of hydrogen-bond donors (Lipinski definition) is 1. The van der Waals surface area contributed by atoms with Crippen LogP contribution in [0, 0.1) is 0 Å². The van der Waals surface area contributed by atoms with Gasteiger partial charge in [-0.05, 0) is 50.5 Å². The van der Waals surface area contributed by atoms with Crippen LogP contribution in [-0.4, -0.2) is 62.2 Å². The van der Waals surface area contributed by atoms with Gasteiger partial charge < -0.3 is 9.64 Å². The first-order valence-electron chi connectivity index (χ1n) is 9.35. The van der Waals surface area contributed by atoms with Gasteiger partial charge >= 0.3 is 0 Å². The van der Waals surface area contributed by atoms with Crippen LogP contribution in [0.25, 0.3) is 0 Å². The Kier molecular flexibility index (Phi) is 9.22. The Balaban J connectivity index is 1.95. The van der Waals surface area contributed by atoms with E-state index in [0.717, 1.165) is 18.3 Å². The fourth-order valence-electron chi connectivity index (χ4n) is 2.28. The molecule has 2 aromatic rings. The van der Waals surface area contributed by atoms with Gasteiger partial charge in [-0.3, -0.25) is 14.3 Å². The minimum atomic E-state index is -3.84. The molecule has 1 N–H and O–H groups in total. The first kappa shape index (κ1) is 24.6. The Morgan fingerprint density at radius 2 is 1.84 bits per heavy atom. The summed E-state index contributed by atoms with van der Waals surface area (Å²) in [7, 11) is 0.0954. The molecule has 0 unspecified atom stereocenters. The lowest BCUT2D eigenvalue weighted by molar-refractivity contribution is -0.109. The second-order valence-corrected chi connectivity index (χ2v) is 9.59. The van der Waals surface area contributed by atoms with Crippen LogP contribution in [0.2, 0.25) is 0 Å². The molecule has 10 heteroatoms. The lowest BCUT2D eigenvalue weighted by Crippen LogP contribution is -2.14. The molecule has 0 saturated heterocycles. The second-order valence-electron chi connectivity index (χ2n) is 6.76. The molecule has 0 bridgehead atoms. The summed E-state index contributed by atoms with van der Waals surface area (Å²) in [6, 6.07) is 8.91. The topological polar surface area (TPSA) is 106 Å². The molecule has 0 saturated carbocycles. The molecular weight excluding hydrogens is 438 g/mol. The minimum Gasteiger partial charge on any atom is -0.490 e. The molecule has 0 radical (unpaired) electrons. The molecule has 1 aromatic heterocycles. The fraction of sp³-hybridized carbons (Fsp3) is 0.286. The molecule has 0 aliphatic heterocycles. The van der Waals surface area contributed by atoms with Gasteiger partial charge in [0.2, 0.25) is 0 Å². The summed E-state index contributed by atoms with van der Waals surface area (Å²) in [5.74, 6) is 0.399. The molecule has 0 spiro atoms. The summed E-state index contributed by atoms with van der Waals surface area (Å²) in [5, 5.41) is -0.150. The number of carbonyl (C=O) groups excluding carboxylic acids is 2. The maximum Gasteiger partial charge on any atom is 0.263 e. The number of nitrogens with zero attached hydrogens (tertiary/aromatic N) is 2. The van der Waals surface area contributed by atoms with E-state index in [0.29, 0.717) is 17.9 Å². The van der Waals surface area contributed by atoms with Gasteiger partial charge in [-0.15, -0.1) is 0 Å². The van der Waals surface area contributed by atoms with Crippen molar-refractivity contribution in [1.29, 1.82) is 0 Å². The number of hydrogen-bond acceptors (Lipinski definition) is 8. The Morgan fingerprint density at radius 1 is 1.13 bits per heavy atom. The molecule has 0 aliphatic rings. The number of aromatic nitrogens is 1. The van der Waals surface area contributed by atoms with E-state index in [1.165, 1.54) is 37.4 Å². The van der Waals surface area contributed by atoms with E-state index in [2.05, 4.69) is 9.71 Å². The molecule has 0 amide bonds. The van der Waals surface area contributed by atoms with Crippen molar-refractivity contribution in [2.24, 2.45) is 0 Å². The monoisotopic (exact) mass is 463 g/mol. The smallest absolute Gasteiger partial charge is 0.263 e. The summed E-state index contributed by atoms with van der Waals surface area (Å²) in [5.41, 5.74) is 0.304. The molecular formula is C21H25N3O5S2. The minimum absolute atomic E-state index is 0.0158. The zero-order valence-corrected chi connectivity index (χ0v) is 19.2. The summed E-state index contributed by atoms with van der Waals surface area (Å²) >= 11 is 0.911. The zero-order valence-electron chi connectivity index (χ0n) is 17.6. The summed E-state index contributed by atoms with van der Waals surface area (Å²) in [6.07, 6.45) is 5.16. The second kappa shape index (κ2) is 11.6. The van der Waals surface area contributed by atoms with E-state index in [9.17, 15) is 18.0 Å². The number of pyridine rings is 1. The van der Waals surface area contributed by atoms with Crippen molar-refractivity contribution >= 4 is 38.5 Å². The molecule has 0 atom stereocenters. The Morgan fingerprint density at radius 3 is 2.42 bits per heavy atom. The number of thioether (sulfide) groups is 1. The third-order valence-electron chi connectivity index (χ3n) is 3.85. The van der Waals surface area contributed by atoms with Crippen LogP contribution in [0.1, 0.15) is 17.3 Å². The molecule has 1 aromatic carbocycles. The number of benzene rings is 1. The molecule has 0 aliphatic carbocycles. The first-order chi connectivity index (χ1) is 14.7. The highest BCUT2D eigenvalue weighted by molar-refractivity contribution is 8.14. The number of sulfonamides is 1. The third-order valence-corrected chi connectivity index (χ3v) is 6.03.